The van der Waals surface area contributed by atoms with Gasteiger partial charge in [0, 0.05) is 18.6 Å². The number of carboxylic acids is 1. The van der Waals surface area contributed by atoms with Crippen molar-refractivity contribution in [3.63, 3.8) is 0 Å². The molecular formula is C6H8N2O2. The van der Waals surface area contributed by atoms with Crippen LogP contribution in [0.3, 0.4) is 0 Å². The second-order valence-corrected chi connectivity index (χ2v) is 2.25. The minimum atomic E-state index is -1.03. The van der Waals surface area contributed by atoms with E-state index in [-0.39, 0.29) is 0 Å². The molecule has 1 heterocycles. The lowest BCUT2D eigenvalue weighted by atomic mass is 10.1. The fraction of sp³-hybridized carbons (Fsp3) is 0.333. The molecule has 0 aliphatic carbocycles. The molecule has 1 rings (SSSR count). The number of aliphatic imine (C=N–C) groups is 1. The Hall–Kier alpha value is -1.32. The molecule has 0 spiro atoms. The second kappa shape index (κ2) is 2.13. The maximum absolute atomic E-state index is 10.5. The predicted octanol–water partition coefficient (Wildman–Crippen LogP) is -0.0251. The first kappa shape index (κ1) is 6.80. The molecule has 0 radical (unpaired) electrons. The van der Waals surface area contributed by atoms with E-state index in [4.69, 9.17) is 5.11 Å². The Morgan fingerprint density at radius 2 is 2.50 bits per heavy atom. The Labute approximate surface area is 58.3 Å². The lowest BCUT2D eigenvalue weighted by Crippen LogP contribution is -2.49. The van der Waals surface area contributed by atoms with Crippen LogP contribution in [0.25, 0.3) is 0 Å². The van der Waals surface area contributed by atoms with Crippen LogP contribution in [0.15, 0.2) is 17.4 Å². The average Bonchev–Trinajstić information content (AvgIpc) is 1.89. The highest BCUT2D eigenvalue weighted by Gasteiger charge is 2.30. The first-order valence-electron chi connectivity index (χ1n) is 2.85. The van der Waals surface area contributed by atoms with Crippen molar-refractivity contribution in [2.24, 2.45) is 4.99 Å². The van der Waals surface area contributed by atoms with Gasteiger partial charge in [0.05, 0.1) is 0 Å². The molecule has 1 aliphatic rings. The Balaban J connectivity index is 2.80. The molecule has 4 heteroatoms. The maximum atomic E-state index is 10.5. The van der Waals surface area contributed by atoms with Gasteiger partial charge in [0.2, 0.25) is 0 Å². The molecule has 10 heavy (non-hydrogen) atoms. The zero-order valence-corrected chi connectivity index (χ0v) is 5.53. The van der Waals surface area contributed by atoms with Crippen LogP contribution in [0, 0.1) is 0 Å². The number of rotatable bonds is 1. The summed E-state index contributed by atoms with van der Waals surface area (Å²) < 4.78 is 0. The number of aliphatic carboxylic acids is 1. The molecule has 1 aliphatic heterocycles. The molecule has 1 unspecified atom stereocenters. The van der Waals surface area contributed by atoms with Crippen molar-refractivity contribution in [3.05, 3.63) is 12.4 Å². The predicted molar refractivity (Wildman–Crippen MR) is 36.8 cm³/mol. The highest BCUT2D eigenvalue weighted by Crippen LogP contribution is 2.03. The standard InChI is InChI=1S/C6H8N2O2/c1-6(5(9)10)4-7-2-3-8-6/h2-4,8H,1H3,(H,9,10). The van der Waals surface area contributed by atoms with Gasteiger partial charge in [-0.15, -0.1) is 0 Å². The molecule has 0 saturated heterocycles. The van der Waals surface area contributed by atoms with Gasteiger partial charge in [-0.3, -0.25) is 4.99 Å². The molecule has 0 saturated carbocycles. The summed E-state index contributed by atoms with van der Waals surface area (Å²) in [4.78, 5) is 14.2. The third-order valence-corrected chi connectivity index (χ3v) is 1.32. The fourth-order valence-corrected chi connectivity index (χ4v) is 0.600. The monoisotopic (exact) mass is 140 g/mol. The summed E-state index contributed by atoms with van der Waals surface area (Å²) in [5, 5.41) is 11.3. The van der Waals surface area contributed by atoms with Crippen LogP contribution in [0.2, 0.25) is 0 Å². The first-order chi connectivity index (χ1) is 4.65. The van der Waals surface area contributed by atoms with E-state index in [1.807, 2.05) is 0 Å². The first-order valence-corrected chi connectivity index (χ1v) is 2.85. The van der Waals surface area contributed by atoms with Crippen LogP contribution in [0.5, 0.6) is 0 Å². The smallest absolute Gasteiger partial charge is 0.334 e. The van der Waals surface area contributed by atoms with E-state index in [1.165, 1.54) is 18.6 Å². The van der Waals surface area contributed by atoms with Crippen molar-refractivity contribution in [1.82, 2.24) is 5.32 Å². The molecule has 0 amide bonds. The van der Waals surface area contributed by atoms with Crippen LogP contribution in [0.1, 0.15) is 6.92 Å². The zero-order valence-electron chi connectivity index (χ0n) is 5.53. The molecular weight excluding hydrogens is 132 g/mol. The number of carbonyl (C=O) groups is 1. The van der Waals surface area contributed by atoms with Gasteiger partial charge >= 0.3 is 5.97 Å². The number of nitrogens with zero attached hydrogens (tertiary/aromatic N) is 1. The zero-order chi connectivity index (χ0) is 7.61. The van der Waals surface area contributed by atoms with Crippen LogP contribution in [-0.4, -0.2) is 22.8 Å². The van der Waals surface area contributed by atoms with Crippen LogP contribution in [-0.2, 0) is 4.79 Å². The maximum Gasteiger partial charge on any atom is 0.334 e. The van der Waals surface area contributed by atoms with E-state index in [2.05, 4.69) is 10.3 Å². The fourth-order valence-electron chi connectivity index (χ4n) is 0.600. The summed E-state index contributed by atoms with van der Waals surface area (Å²) in [6.07, 6.45) is 4.37. The molecule has 2 N–H and O–H groups in total. The number of hydrogen-bond acceptors (Lipinski definition) is 3. The van der Waals surface area contributed by atoms with E-state index in [1.54, 1.807) is 6.92 Å². The van der Waals surface area contributed by atoms with Gasteiger partial charge in [-0.25, -0.2) is 4.79 Å². The van der Waals surface area contributed by atoms with Crippen molar-refractivity contribution in [3.8, 4) is 0 Å². The van der Waals surface area contributed by atoms with Gasteiger partial charge in [-0.2, -0.15) is 0 Å². The molecule has 0 aromatic rings. The minimum absolute atomic E-state index is 0.930. The van der Waals surface area contributed by atoms with Crippen molar-refractivity contribution in [2.75, 3.05) is 0 Å². The van der Waals surface area contributed by atoms with E-state index in [9.17, 15) is 4.79 Å². The quantitative estimate of drug-likeness (QED) is 0.537. The summed E-state index contributed by atoms with van der Waals surface area (Å²) in [6, 6.07) is 0. The van der Waals surface area contributed by atoms with Gasteiger partial charge in [-0.1, -0.05) is 0 Å². The molecule has 4 nitrogen and oxygen atoms in total. The van der Waals surface area contributed by atoms with E-state index in [0.717, 1.165) is 0 Å². The lowest BCUT2D eigenvalue weighted by molar-refractivity contribution is -0.140. The Kier molecular flexibility index (Phi) is 1.45. The van der Waals surface area contributed by atoms with Crippen molar-refractivity contribution in [1.29, 1.82) is 0 Å². The normalized spacial score (nSPS) is 29.7. The number of hydrogen-bond donors (Lipinski definition) is 2. The van der Waals surface area contributed by atoms with Crippen LogP contribution >= 0.6 is 0 Å². The van der Waals surface area contributed by atoms with Gasteiger partial charge < -0.3 is 10.4 Å². The van der Waals surface area contributed by atoms with E-state index >= 15 is 0 Å². The van der Waals surface area contributed by atoms with Crippen LogP contribution < -0.4 is 5.32 Å². The highest BCUT2D eigenvalue weighted by molar-refractivity contribution is 5.99. The summed E-state index contributed by atoms with van der Waals surface area (Å²) in [6.45, 7) is 1.54. The summed E-state index contributed by atoms with van der Waals surface area (Å²) in [7, 11) is 0. The molecule has 0 aromatic heterocycles. The van der Waals surface area contributed by atoms with Crippen molar-refractivity contribution >= 4 is 12.2 Å². The number of nitrogens with one attached hydrogen (secondary N) is 1. The summed E-state index contributed by atoms with van der Waals surface area (Å²) >= 11 is 0. The molecule has 0 fully saturated rings. The topological polar surface area (TPSA) is 61.7 Å². The van der Waals surface area contributed by atoms with Gasteiger partial charge in [0.25, 0.3) is 0 Å². The minimum Gasteiger partial charge on any atom is -0.479 e. The van der Waals surface area contributed by atoms with Crippen molar-refractivity contribution < 1.29 is 9.90 Å². The Bertz CT molecular complexity index is 210. The average molecular weight is 140 g/mol. The SMILES string of the molecule is CC1(C(=O)O)C=NC=CN1. The Morgan fingerprint density at radius 1 is 1.80 bits per heavy atom. The molecule has 0 aromatic carbocycles. The number of carboxylic acid groups (broad SMARTS) is 1. The third kappa shape index (κ3) is 1.00. The summed E-state index contributed by atoms with van der Waals surface area (Å²) in [5.41, 5.74) is -1.03. The second-order valence-electron chi connectivity index (χ2n) is 2.25. The van der Waals surface area contributed by atoms with Gasteiger partial charge in [0.1, 0.15) is 0 Å². The summed E-state index contributed by atoms with van der Waals surface area (Å²) in [5.74, 6) is -0.930. The van der Waals surface area contributed by atoms with Crippen molar-refractivity contribution in [2.45, 2.75) is 12.5 Å². The van der Waals surface area contributed by atoms with Gasteiger partial charge in [0.15, 0.2) is 5.54 Å². The van der Waals surface area contributed by atoms with E-state index < -0.39 is 11.5 Å². The largest absolute Gasteiger partial charge is 0.479 e. The molecule has 54 valence electrons. The lowest BCUT2D eigenvalue weighted by Gasteiger charge is -2.21. The van der Waals surface area contributed by atoms with Crippen LogP contribution in [0.4, 0.5) is 0 Å². The van der Waals surface area contributed by atoms with Gasteiger partial charge in [-0.05, 0) is 6.92 Å². The molecule has 0 bridgehead atoms. The third-order valence-electron chi connectivity index (χ3n) is 1.32. The highest BCUT2D eigenvalue weighted by atomic mass is 16.4. The Morgan fingerprint density at radius 3 is 2.80 bits per heavy atom. The molecule has 1 atom stereocenters. The van der Waals surface area contributed by atoms with E-state index in [0.29, 0.717) is 0 Å².